The molecule has 0 saturated carbocycles. The molecule has 432 valence electrons. The lowest BCUT2D eigenvalue weighted by atomic mass is 9.97. The molecule has 0 radical (unpaired) electrons. The van der Waals surface area contributed by atoms with Gasteiger partial charge in [-0.15, -0.1) is 0 Å². The van der Waals surface area contributed by atoms with Gasteiger partial charge < -0.3 is 89.8 Å². The van der Waals surface area contributed by atoms with E-state index in [9.17, 15) is 73.8 Å². The number of amides is 8. The van der Waals surface area contributed by atoms with Crippen LogP contribution in [0.1, 0.15) is 39.5 Å². The lowest BCUT2D eigenvalue weighted by Crippen LogP contribution is -2.64. The Hall–Kier alpha value is -4.77. The third-order valence-electron chi connectivity index (χ3n) is 10.9. The van der Waals surface area contributed by atoms with E-state index in [-0.39, 0.29) is 100 Å². The monoisotopic (exact) mass is 1160 g/mol. The quantitative estimate of drug-likeness (QED) is 0.0170. The van der Waals surface area contributed by atoms with Crippen molar-refractivity contribution in [2.45, 2.75) is 101 Å². The molecule has 4 rings (SSSR count). The van der Waals surface area contributed by atoms with E-state index in [1.807, 2.05) is 0 Å². The third-order valence-corrected chi connectivity index (χ3v) is 11.4. The highest BCUT2D eigenvalue weighted by Crippen LogP contribution is 2.23. The number of ketones is 1. The molecule has 29 nitrogen and oxygen atoms in total. The smallest absolute Gasteiger partial charge is 0.253 e. The first-order valence-corrected chi connectivity index (χ1v) is 25.3. The number of Topliss-reactive ketones (excluding diaryl/α,β-unsaturated/α-hetero) is 1. The Morgan fingerprint density at radius 3 is 1.38 bits per heavy atom. The van der Waals surface area contributed by atoms with E-state index in [2.05, 4.69) is 37.2 Å². The summed E-state index contributed by atoms with van der Waals surface area (Å²) in [6, 6.07) is -2.01. The number of hydrogen-bond acceptors (Lipinski definition) is 23. The first-order chi connectivity index (χ1) is 36.3. The summed E-state index contributed by atoms with van der Waals surface area (Å²) < 4.78 is 42.4. The summed E-state index contributed by atoms with van der Waals surface area (Å²) in [4.78, 5) is 104. The standard InChI is InChI=1S/C19H29N3O10.C14H25BrN2O8.C13H19NO5/c1-11(24)21-16-18(29)17(28)12(10-23)32-19(16)31-9-8-30-7-5-20-13(25)4-6-22-14(26)2-3-15(22)27;1-8(19)17-11-13(22)12(21)9(7-18)25-14(11)24-5-4-23-3-2-16-10(20)6-15;1-18-9-10-19-8-2-3-11(15)6-7-14-12(16)4-5-13(14)17/h2-3,12,16-19,23,28-29H,4-10H2,1H3,(H,20,25)(H,21,24);9,11-14,18,21-22H,2-7H2,1H3,(H,16,20)(H,17,19);4-5H,2-3,6-10H2,1H3. The molecule has 0 aromatic rings. The van der Waals surface area contributed by atoms with Gasteiger partial charge >= 0.3 is 0 Å². The van der Waals surface area contributed by atoms with Crippen LogP contribution >= 0.6 is 15.9 Å². The topological polar surface area (TPSA) is 403 Å². The largest absolute Gasteiger partial charge is 0.394 e. The molecule has 0 spiro atoms. The molecule has 2 fully saturated rings. The average Bonchev–Trinajstić information content (AvgIpc) is 3.90. The van der Waals surface area contributed by atoms with Crippen molar-refractivity contribution in [2.75, 3.05) is 111 Å². The summed E-state index contributed by atoms with van der Waals surface area (Å²) in [5.41, 5.74) is 0. The maximum Gasteiger partial charge on any atom is 0.253 e. The fourth-order valence-corrected chi connectivity index (χ4v) is 7.23. The van der Waals surface area contributed by atoms with Gasteiger partial charge in [0.15, 0.2) is 12.6 Å². The van der Waals surface area contributed by atoms with Crippen LogP contribution in [0.4, 0.5) is 0 Å². The number of imide groups is 2. The van der Waals surface area contributed by atoms with Crippen LogP contribution in [0.3, 0.4) is 0 Å². The molecule has 0 aromatic carbocycles. The molecule has 10 atom stereocenters. The molecule has 10 unspecified atom stereocenters. The van der Waals surface area contributed by atoms with Crippen molar-refractivity contribution in [3.63, 3.8) is 0 Å². The van der Waals surface area contributed by atoms with Crippen LogP contribution in [0.2, 0.25) is 0 Å². The van der Waals surface area contributed by atoms with Gasteiger partial charge in [-0.05, 0) is 6.42 Å². The van der Waals surface area contributed by atoms with Crippen LogP contribution in [0.5, 0.6) is 0 Å². The van der Waals surface area contributed by atoms with E-state index in [4.69, 9.17) is 37.9 Å². The van der Waals surface area contributed by atoms with Gasteiger partial charge in [0.2, 0.25) is 23.6 Å². The van der Waals surface area contributed by atoms with Gasteiger partial charge in [-0.1, -0.05) is 15.9 Å². The van der Waals surface area contributed by atoms with Crippen molar-refractivity contribution in [3.05, 3.63) is 24.3 Å². The molecule has 8 amide bonds. The molecule has 30 heteroatoms. The minimum absolute atomic E-state index is 0.00255. The van der Waals surface area contributed by atoms with Crippen molar-refractivity contribution >= 4 is 69.0 Å². The van der Waals surface area contributed by atoms with Gasteiger partial charge in [-0.25, -0.2) is 0 Å². The number of methoxy groups -OCH3 is 1. The zero-order valence-corrected chi connectivity index (χ0v) is 44.2. The number of halogens is 1. The number of nitrogens with one attached hydrogen (secondary N) is 4. The second kappa shape index (κ2) is 37.9. The van der Waals surface area contributed by atoms with Crippen molar-refractivity contribution in [2.24, 2.45) is 0 Å². The van der Waals surface area contributed by atoms with Crippen molar-refractivity contribution < 1.29 is 112 Å². The molecule has 10 N–H and O–H groups in total. The fraction of sp³-hybridized carbons (Fsp3) is 0.717. The predicted molar refractivity (Wildman–Crippen MR) is 262 cm³/mol. The van der Waals surface area contributed by atoms with Gasteiger partial charge in [-0.3, -0.25) is 53.0 Å². The van der Waals surface area contributed by atoms with Gasteiger partial charge in [0.1, 0.15) is 54.5 Å². The summed E-state index contributed by atoms with van der Waals surface area (Å²) >= 11 is 3.02. The fourth-order valence-electron chi connectivity index (χ4n) is 7.03. The number of alkyl halides is 1. The number of hydrogen-bond donors (Lipinski definition) is 10. The van der Waals surface area contributed by atoms with Crippen molar-refractivity contribution in [1.29, 1.82) is 0 Å². The van der Waals surface area contributed by atoms with Crippen molar-refractivity contribution in [1.82, 2.24) is 31.1 Å². The predicted octanol–water partition coefficient (Wildman–Crippen LogP) is -5.82. The van der Waals surface area contributed by atoms with Crippen LogP contribution in [-0.4, -0.2) is 266 Å². The van der Waals surface area contributed by atoms with E-state index in [1.54, 1.807) is 7.11 Å². The molecule has 0 bridgehead atoms. The SMILES string of the molecule is CC(=O)NC1C(OCCOCCNC(=O)CBr)OC(CO)C(O)C1O.CC(=O)NC1C(OCCOCCNC(=O)CCN2C(=O)C=CC2=O)OC(CO)C(O)C1O.COCCOCCCC(=O)CCN1C(=O)C=CC1=O. The minimum atomic E-state index is -1.40. The van der Waals surface area contributed by atoms with Crippen LogP contribution in [0.25, 0.3) is 0 Å². The summed E-state index contributed by atoms with van der Waals surface area (Å²) in [6.07, 6.45) is -3.77. The summed E-state index contributed by atoms with van der Waals surface area (Å²) in [5, 5.41) is 68.9. The third kappa shape index (κ3) is 25.1. The highest BCUT2D eigenvalue weighted by atomic mass is 79.9. The molecule has 76 heavy (non-hydrogen) atoms. The zero-order chi connectivity index (χ0) is 56.6. The minimum Gasteiger partial charge on any atom is -0.394 e. The molecule has 4 heterocycles. The Bertz CT molecular complexity index is 1880. The number of rotatable bonds is 32. The average molecular weight is 1160 g/mol. The van der Waals surface area contributed by atoms with E-state index in [0.717, 1.165) is 22.0 Å². The molecule has 0 aromatic heterocycles. The van der Waals surface area contributed by atoms with E-state index in [0.29, 0.717) is 45.8 Å². The normalized spacial score (nSPS) is 24.9. The first-order valence-electron chi connectivity index (χ1n) is 24.2. The first kappa shape index (κ1) is 67.3. The van der Waals surface area contributed by atoms with E-state index in [1.165, 1.54) is 26.0 Å². The van der Waals surface area contributed by atoms with Crippen LogP contribution < -0.4 is 21.3 Å². The van der Waals surface area contributed by atoms with Gasteiger partial charge in [0.25, 0.3) is 23.6 Å². The number of aliphatic hydroxyl groups excluding tert-OH is 6. The lowest BCUT2D eigenvalue weighted by molar-refractivity contribution is -0.272. The van der Waals surface area contributed by atoms with Gasteiger partial charge in [-0.2, -0.15) is 0 Å². The molecule has 0 aliphatic carbocycles. The second-order valence-corrected chi connectivity index (χ2v) is 17.3. The van der Waals surface area contributed by atoms with Gasteiger partial charge in [0.05, 0.1) is 71.4 Å². The maximum atomic E-state index is 11.8. The Morgan fingerprint density at radius 2 is 0.974 bits per heavy atom. The van der Waals surface area contributed by atoms with Crippen LogP contribution in [0, 0.1) is 0 Å². The summed E-state index contributed by atoms with van der Waals surface area (Å²) in [6.45, 7) is 4.61. The summed E-state index contributed by atoms with van der Waals surface area (Å²) in [7, 11) is 1.60. The Labute approximate surface area is 446 Å². The molecule has 4 aliphatic heterocycles. The van der Waals surface area contributed by atoms with E-state index < -0.39 is 98.1 Å². The molecule has 4 aliphatic rings. The number of ether oxygens (including phenoxy) is 8. The van der Waals surface area contributed by atoms with Gasteiger partial charge in [0, 0.05) is 97.3 Å². The Kier molecular flexibility index (Phi) is 33.6. The maximum absolute atomic E-state index is 11.8. The summed E-state index contributed by atoms with van der Waals surface area (Å²) in [5.74, 6) is -2.91. The zero-order valence-electron chi connectivity index (χ0n) is 42.6. The Balaban J connectivity index is 0.000000404. The number of aliphatic hydroxyl groups is 6. The highest BCUT2D eigenvalue weighted by molar-refractivity contribution is 9.09. The molecular weight excluding hydrogens is 1080 g/mol. The number of carbonyl (C=O) groups excluding carboxylic acids is 9. The molecular formula is C46H73BrN6O23. The lowest BCUT2D eigenvalue weighted by Gasteiger charge is -2.42. The Morgan fingerprint density at radius 1 is 0.566 bits per heavy atom. The van der Waals surface area contributed by atoms with E-state index >= 15 is 0 Å². The van der Waals surface area contributed by atoms with Crippen molar-refractivity contribution in [3.8, 4) is 0 Å². The van der Waals surface area contributed by atoms with Crippen LogP contribution in [0.15, 0.2) is 24.3 Å². The van der Waals surface area contributed by atoms with Crippen LogP contribution in [-0.2, 0) is 81.0 Å². The highest BCUT2D eigenvalue weighted by Gasteiger charge is 2.46. The second-order valence-electron chi connectivity index (χ2n) is 16.7. The number of carbonyl (C=O) groups is 9. The number of nitrogens with zero attached hydrogens (tertiary/aromatic N) is 2. The molecule has 2 saturated heterocycles.